The van der Waals surface area contributed by atoms with Crippen LogP contribution in [0.5, 0.6) is 5.75 Å². The van der Waals surface area contributed by atoms with Gasteiger partial charge in [-0.25, -0.2) is 8.96 Å². The summed E-state index contributed by atoms with van der Waals surface area (Å²) in [5, 5.41) is 2.59. The molecule has 9 nitrogen and oxygen atoms in total. The molecule has 0 saturated heterocycles. The fourth-order valence-corrected chi connectivity index (χ4v) is 3.05. The van der Waals surface area contributed by atoms with Crippen molar-refractivity contribution >= 4 is 30.5 Å². The zero-order chi connectivity index (χ0) is 20.3. The Labute approximate surface area is 159 Å². The first kappa shape index (κ1) is 20.2. The Balaban J connectivity index is 2.27. The fourth-order valence-electron chi connectivity index (χ4n) is 2.77. The van der Waals surface area contributed by atoms with E-state index in [4.69, 9.17) is 14.5 Å². The number of rotatable bonds is 7. The van der Waals surface area contributed by atoms with Crippen LogP contribution in [-0.4, -0.2) is 33.8 Å². The number of halogens is 1. The molecule has 1 aliphatic rings. The summed E-state index contributed by atoms with van der Waals surface area (Å²) in [4.78, 5) is 35.1. The van der Waals surface area contributed by atoms with Crippen molar-refractivity contribution in [2.45, 2.75) is 20.1 Å². The molecule has 3 rings (SSSR count). The Kier molecular flexibility index (Phi) is 5.95. The lowest BCUT2D eigenvalue weighted by Gasteiger charge is -2.18. The predicted molar refractivity (Wildman–Crippen MR) is 102 cm³/mol. The normalized spacial score (nSPS) is 14.1. The molecule has 2 heterocycles. The third-order valence-electron chi connectivity index (χ3n) is 3.94. The molecule has 150 valence electrons. The minimum absolute atomic E-state index is 0.0527. The minimum atomic E-state index is -4.80. The number of hydrogen-bond donors (Lipinski definition) is 3. The van der Waals surface area contributed by atoms with Gasteiger partial charge in [0.2, 0.25) is 0 Å². The summed E-state index contributed by atoms with van der Waals surface area (Å²) in [6, 6.07) is 2.48. The molecule has 0 unspecified atom stereocenters. The van der Waals surface area contributed by atoms with E-state index in [1.807, 2.05) is 6.92 Å². The van der Waals surface area contributed by atoms with Crippen LogP contribution in [0.25, 0.3) is 16.5 Å². The second kappa shape index (κ2) is 8.24. The molecule has 1 aromatic heterocycles. The third kappa shape index (κ3) is 4.31. The molecule has 1 aromatic carbocycles. The number of nitrogens with zero attached hydrogens (tertiary/aromatic N) is 2. The minimum Gasteiger partial charge on any atom is -0.491 e. The molecule has 11 heteroatoms. The van der Waals surface area contributed by atoms with Crippen LogP contribution in [0.15, 0.2) is 34.3 Å². The van der Waals surface area contributed by atoms with Crippen molar-refractivity contribution in [2.24, 2.45) is 4.99 Å². The van der Waals surface area contributed by atoms with Gasteiger partial charge in [-0.15, -0.1) is 0 Å². The van der Waals surface area contributed by atoms with Gasteiger partial charge in [0.05, 0.1) is 17.5 Å². The maximum absolute atomic E-state index is 14.6. The van der Waals surface area contributed by atoms with Crippen molar-refractivity contribution in [3.8, 4) is 5.75 Å². The molecule has 0 bridgehead atoms. The van der Waals surface area contributed by atoms with Gasteiger partial charge in [-0.05, 0) is 18.6 Å². The lowest BCUT2D eigenvalue weighted by molar-refractivity contribution is 0.155. The summed E-state index contributed by atoms with van der Waals surface area (Å²) in [7, 11) is -4.80. The largest absolute Gasteiger partial charge is 0.491 e. The molecule has 28 heavy (non-hydrogen) atoms. The van der Waals surface area contributed by atoms with Crippen LogP contribution < -0.4 is 15.5 Å². The highest BCUT2D eigenvalue weighted by Gasteiger charge is 2.21. The van der Waals surface area contributed by atoms with Gasteiger partial charge in [0.1, 0.15) is 25.0 Å². The van der Waals surface area contributed by atoms with Crippen LogP contribution in [0.2, 0.25) is 0 Å². The number of phosphoric ester groups is 1. The van der Waals surface area contributed by atoms with Crippen LogP contribution in [0.3, 0.4) is 0 Å². The third-order valence-corrected chi connectivity index (χ3v) is 4.39. The van der Waals surface area contributed by atoms with Crippen LogP contribution >= 0.6 is 7.82 Å². The summed E-state index contributed by atoms with van der Waals surface area (Å²) < 4.78 is 37.2. The molecule has 0 aliphatic carbocycles. The Hall–Kier alpha value is -2.52. The van der Waals surface area contributed by atoms with E-state index in [1.54, 1.807) is 6.20 Å². The van der Waals surface area contributed by atoms with Crippen molar-refractivity contribution in [1.82, 2.24) is 9.88 Å². The van der Waals surface area contributed by atoms with Gasteiger partial charge in [-0.2, -0.15) is 0 Å². The molecule has 0 atom stereocenters. The quantitative estimate of drug-likeness (QED) is 0.596. The number of nitrogens with one attached hydrogen (secondary N) is 1. The number of aliphatic imine (C=N–C) groups is 1. The summed E-state index contributed by atoms with van der Waals surface area (Å²) in [6.07, 6.45) is 5.03. The summed E-state index contributed by atoms with van der Waals surface area (Å²) >= 11 is 0. The van der Waals surface area contributed by atoms with E-state index in [-0.39, 0.29) is 22.2 Å². The van der Waals surface area contributed by atoms with E-state index in [9.17, 15) is 13.8 Å². The molecule has 0 amide bonds. The molecule has 1 aliphatic heterocycles. The topological polar surface area (TPSA) is 122 Å². The molecule has 0 radical (unpaired) electrons. The van der Waals surface area contributed by atoms with Gasteiger partial charge < -0.3 is 24.4 Å². The monoisotopic (exact) mass is 411 g/mol. The fraction of sp³-hybridized carbons (Fsp3) is 0.294. The number of allylic oxidation sites excluding steroid dienone is 1. The van der Waals surface area contributed by atoms with E-state index in [0.29, 0.717) is 25.3 Å². The van der Waals surface area contributed by atoms with E-state index >= 15 is 0 Å². The number of fused-ring (bicyclic) bond motifs is 1. The maximum Gasteiger partial charge on any atom is 0.471 e. The molecule has 0 fully saturated rings. The highest BCUT2D eigenvalue weighted by Crippen LogP contribution is 2.37. The molecular formula is C17H19FN3O6P. The molecule has 0 spiro atoms. The lowest BCUT2D eigenvalue weighted by atomic mass is 10.0. The van der Waals surface area contributed by atoms with Crippen molar-refractivity contribution in [2.75, 3.05) is 13.3 Å². The number of aromatic nitrogens is 1. The molecule has 3 N–H and O–H groups in total. The zero-order valence-corrected chi connectivity index (χ0v) is 15.9. The van der Waals surface area contributed by atoms with E-state index in [1.165, 1.54) is 23.0 Å². The Morgan fingerprint density at radius 2 is 2.18 bits per heavy atom. The number of pyridine rings is 1. The summed E-state index contributed by atoms with van der Waals surface area (Å²) in [5.74, 6) is -0.572. The van der Waals surface area contributed by atoms with Crippen LogP contribution in [-0.2, 0) is 15.8 Å². The number of phosphoric acid groups is 1. The smallest absolute Gasteiger partial charge is 0.471 e. The average Bonchev–Trinajstić information content (AvgIpc) is 2.66. The Morgan fingerprint density at radius 1 is 1.39 bits per heavy atom. The first-order valence-electron chi connectivity index (χ1n) is 8.44. The molecular weight excluding hydrogens is 392 g/mol. The van der Waals surface area contributed by atoms with Crippen LogP contribution in [0.1, 0.15) is 18.9 Å². The van der Waals surface area contributed by atoms with Crippen molar-refractivity contribution < 1.29 is 28.0 Å². The van der Waals surface area contributed by atoms with Gasteiger partial charge in [0.25, 0.3) is 0 Å². The second-order valence-electron chi connectivity index (χ2n) is 5.98. The Morgan fingerprint density at radius 3 is 2.82 bits per heavy atom. The van der Waals surface area contributed by atoms with Crippen molar-refractivity contribution in [3.05, 3.63) is 46.1 Å². The predicted octanol–water partition coefficient (Wildman–Crippen LogP) is 1.97. The van der Waals surface area contributed by atoms with E-state index in [2.05, 4.69) is 14.8 Å². The second-order valence-corrected chi connectivity index (χ2v) is 7.22. The van der Waals surface area contributed by atoms with Gasteiger partial charge in [0, 0.05) is 29.7 Å². The molecule has 2 aromatic rings. The van der Waals surface area contributed by atoms with Crippen LogP contribution in [0, 0.1) is 5.82 Å². The van der Waals surface area contributed by atoms with E-state index in [0.717, 1.165) is 6.07 Å². The van der Waals surface area contributed by atoms with Crippen LogP contribution in [0.4, 0.5) is 4.39 Å². The molecule has 0 saturated carbocycles. The number of benzene rings is 1. The Bertz CT molecular complexity index is 1060. The highest BCUT2D eigenvalue weighted by molar-refractivity contribution is 7.46. The highest BCUT2D eigenvalue weighted by atomic mass is 31.2. The van der Waals surface area contributed by atoms with Gasteiger partial charge >= 0.3 is 7.82 Å². The van der Waals surface area contributed by atoms with E-state index < -0.39 is 25.8 Å². The standard InChI is InChI=1S/C17H19FN3O6P/c1-2-5-26-14-4-3-13(18)15-16(14)21(10-27-28(23,24)25)8-12(17(15)22)11-6-19-9-20-7-11/h3-4,6-8,19H,2,5,9-10H2,1H3,(H2,23,24,25). The first-order valence-corrected chi connectivity index (χ1v) is 9.97. The number of hydrogen-bond acceptors (Lipinski definition) is 6. The first-order chi connectivity index (χ1) is 13.3. The lowest BCUT2D eigenvalue weighted by Crippen LogP contribution is -2.20. The summed E-state index contributed by atoms with van der Waals surface area (Å²) in [6.45, 7) is 1.93. The zero-order valence-electron chi connectivity index (χ0n) is 15.0. The maximum atomic E-state index is 14.6. The van der Waals surface area contributed by atoms with Crippen molar-refractivity contribution in [1.29, 1.82) is 0 Å². The van der Waals surface area contributed by atoms with Crippen molar-refractivity contribution in [3.63, 3.8) is 0 Å². The van der Waals surface area contributed by atoms with Gasteiger partial charge in [-0.1, -0.05) is 6.92 Å². The summed E-state index contributed by atoms with van der Waals surface area (Å²) in [5.41, 5.74) is -0.0353. The SMILES string of the molecule is CCCOc1ccc(F)c2c(=O)c(C3=CNCN=C3)cn(COP(=O)(O)O)c12. The van der Waals surface area contributed by atoms with Gasteiger partial charge in [0.15, 0.2) is 5.43 Å². The number of ether oxygens (including phenoxy) is 1. The average molecular weight is 411 g/mol. The van der Waals surface area contributed by atoms with Gasteiger partial charge in [-0.3, -0.25) is 14.3 Å².